The third kappa shape index (κ3) is 3.06. The molecule has 0 N–H and O–H groups in total. The maximum absolute atomic E-state index is 13.9. The summed E-state index contributed by atoms with van der Waals surface area (Å²) in [7, 11) is 2.61. The Hall–Kier alpha value is -1.91. The molecular formula is C16H18F2O3. The zero-order chi connectivity index (χ0) is 15.4. The summed E-state index contributed by atoms with van der Waals surface area (Å²) in [4.78, 5) is 12.0. The Bertz CT molecular complexity index is 579. The van der Waals surface area contributed by atoms with Crippen molar-refractivity contribution in [3.8, 4) is 5.75 Å². The molecule has 3 nitrogen and oxygen atoms in total. The van der Waals surface area contributed by atoms with Crippen LogP contribution in [-0.4, -0.2) is 20.2 Å². The summed E-state index contributed by atoms with van der Waals surface area (Å²) < 4.78 is 37.1. The van der Waals surface area contributed by atoms with E-state index in [2.05, 4.69) is 0 Å². The van der Waals surface area contributed by atoms with Crippen molar-refractivity contribution in [3.05, 3.63) is 34.9 Å². The number of hydrogen-bond donors (Lipinski definition) is 0. The Morgan fingerprint density at radius 3 is 2.48 bits per heavy atom. The van der Waals surface area contributed by atoms with Crippen molar-refractivity contribution in [1.82, 2.24) is 0 Å². The van der Waals surface area contributed by atoms with Crippen molar-refractivity contribution in [3.63, 3.8) is 0 Å². The van der Waals surface area contributed by atoms with Crippen LogP contribution in [0.25, 0.3) is 5.57 Å². The first-order chi connectivity index (χ1) is 10.1. The molecule has 0 fully saturated rings. The normalized spacial score (nSPS) is 15.6. The standard InChI is InChI=1S/C16H18F2O3/c1-20-15-11(8-9-13(17)14(15)18)10-6-4-3-5-7-12(10)16(19)21-2/h8-9H,3-7H2,1-2H3. The highest BCUT2D eigenvalue weighted by Crippen LogP contribution is 2.38. The first kappa shape index (κ1) is 15.5. The van der Waals surface area contributed by atoms with Crippen molar-refractivity contribution in [1.29, 1.82) is 0 Å². The molecule has 0 bridgehead atoms. The Kier molecular flexibility index (Phi) is 4.94. The highest BCUT2D eigenvalue weighted by atomic mass is 19.2. The van der Waals surface area contributed by atoms with Gasteiger partial charge in [-0.15, -0.1) is 0 Å². The van der Waals surface area contributed by atoms with Gasteiger partial charge < -0.3 is 9.47 Å². The fourth-order valence-electron chi connectivity index (χ4n) is 2.70. The van der Waals surface area contributed by atoms with Gasteiger partial charge in [0, 0.05) is 11.1 Å². The molecule has 0 saturated carbocycles. The molecule has 1 aliphatic carbocycles. The summed E-state index contributed by atoms with van der Waals surface area (Å²) >= 11 is 0. The summed E-state index contributed by atoms with van der Waals surface area (Å²) in [5.41, 5.74) is 1.65. The minimum absolute atomic E-state index is 0.159. The average Bonchev–Trinajstić information content (AvgIpc) is 2.74. The van der Waals surface area contributed by atoms with Crippen molar-refractivity contribution in [2.75, 3.05) is 14.2 Å². The van der Waals surface area contributed by atoms with Gasteiger partial charge >= 0.3 is 5.97 Å². The molecule has 0 radical (unpaired) electrons. The van der Waals surface area contributed by atoms with E-state index in [1.807, 2.05) is 0 Å². The van der Waals surface area contributed by atoms with E-state index in [0.717, 1.165) is 25.3 Å². The number of ether oxygens (including phenoxy) is 2. The van der Waals surface area contributed by atoms with Gasteiger partial charge in [-0.3, -0.25) is 0 Å². The predicted octanol–water partition coefficient (Wildman–Crippen LogP) is 3.86. The lowest BCUT2D eigenvalue weighted by Gasteiger charge is -2.15. The molecule has 0 spiro atoms. The number of halogens is 2. The highest BCUT2D eigenvalue weighted by Gasteiger charge is 2.24. The van der Waals surface area contributed by atoms with Crippen molar-refractivity contribution < 1.29 is 23.0 Å². The second-order valence-corrected chi connectivity index (χ2v) is 4.95. The summed E-state index contributed by atoms with van der Waals surface area (Å²) in [5, 5.41) is 0. The maximum atomic E-state index is 13.9. The second kappa shape index (κ2) is 6.70. The van der Waals surface area contributed by atoms with Gasteiger partial charge in [0.25, 0.3) is 0 Å². The zero-order valence-corrected chi connectivity index (χ0v) is 12.2. The highest BCUT2D eigenvalue weighted by molar-refractivity contribution is 5.98. The van der Waals surface area contributed by atoms with Crippen molar-refractivity contribution >= 4 is 11.5 Å². The first-order valence-electron chi connectivity index (χ1n) is 6.92. The first-order valence-corrected chi connectivity index (χ1v) is 6.92. The van der Waals surface area contributed by atoms with Crippen molar-refractivity contribution in [2.24, 2.45) is 0 Å². The maximum Gasteiger partial charge on any atom is 0.334 e. The number of methoxy groups -OCH3 is 2. The van der Waals surface area contributed by atoms with Gasteiger partial charge in [-0.1, -0.05) is 6.42 Å². The molecule has 5 heteroatoms. The average molecular weight is 296 g/mol. The SMILES string of the molecule is COC(=O)C1=C(c2ccc(F)c(F)c2OC)CCCCC1. The van der Waals surface area contributed by atoms with E-state index in [4.69, 9.17) is 9.47 Å². The Morgan fingerprint density at radius 2 is 1.81 bits per heavy atom. The minimum Gasteiger partial charge on any atom is -0.493 e. The molecule has 0 amide bonds. The van der Waals surface area contributed by atoms with E-state index in [9.17, 15) is 13.6 Å². The Labute approximate surface area is 122 Å². The number of carbonyl (C=O) groups is 1. The van der Waals surface area contributed by atoms with E-state index in [-0.39, 0.29) is 5.75 Å². The quantitative estimate of drug-likeness (QED) is 0.794. The van der Waals surface area contributed by atoms with Crippen LogP contribution in [0, 0.1) is 11.6 Å². The van der Waals surface area contributed by atoms with Crippen LogP contribution in [0.4, 0.5) is 8.78 Å². The minimum atomic E-state index is -1.03. The molecule has 1 aromatic carbocycles. The van der Waals surface area contributed by atoms with Crippen LogP contribution in [0.1, 0.15) is 37.7 Å². The fourth-order valence-corrected chi connectivity index (χ4v) is 2.70. The van der Waals surface area contributed by atoms with Crippen LogP contribution in [0.2, 0.25) is 0 Å². The van der Waals surface area contributed by atoms with E-state index in [0.29, 0.717) is 29.6 Å². The van der Waals surface area contributed by atoms with Crippen LogP contribution in [-0.2, 0) is 9.53 Å². The van der Waals surface area contributed by atoms with Gasteiger partial charge in [-0.05, 0) is 43.4 Å². The van der Waals surface area contributed by atoms with Gasteiger partial charge in [0.05, 0.1) is 14.2 Å². The number of benzene rings is 1. The molecular weight excluding hydrogens is 278 g/mol. The summed E-state index contributed by atoms with van der Waals surface area (Å²) in [6.07, 6.45) is 3.93. The lowest BCUT2D eigenvalue weighted by atomic mass is 9.95. The molecule has 0 unspecified atom stereocenters. The van der Waals surface area contributed by atoms with Gasteiger partial charge in [0.1, 0.15) is 0 Å². The predicted molar refractivity (Wildman–Crippen MR) is 74.9 cm³/mol. The molecule has 0 heterocycles. The molecule has 21 heavy (non-hydrogen) atoms. The van der Waals surface area contributed by atoms with Crippen LogP contribution >= 0.6 is 0 Å². The number of hydrogen-bond acceptors (Lipinski definition) is 3. The molecule has 1 aromatic rings. The Balaban J connectivity index is 2.62. The van der Waals surface area contributed by atoms with Crippen LogP contribution in [0.3, 0.4) is 0 Å². The molecule has 2 rings (SSSR count). The van der Waals surface area contributed by atoms with E-state index in [1.54, 1.807) is 0 Å². The third-order valence-electron chi connectivity index (χ3n) is 3.73. The molecule has 0 aromatic heterocycles. The van der Waals surface area contributed by atoms with Crippen LogP contribution < -0.4 is 4.74 Å². The number of esters is 1. The lowest BCUT2D eigenvalue weighted by molar-refractivity contribution is -0.136. The zero-order valence-electron chi connectivity index (χ0n) is 12.2. The van der Waals surface area contributed by atoms with E-state index >= 15 is 0 Å². The molecule has 0 aliphatic heterocycles. The third-order valence-corrected chi connectivity index (χ3v) is 3.73. The monoisotopic (exact) mass is 296 g/mol. The number of rotatable bonds is 3. The van der Waals surface area contributed by atoms with E-state index < -0.39 is 17.6 Å². The fraction of sp³-hybridized carbons (Fsp3) is 0.438. The number of carbonyl (C=O) groups excluding carboxylic acids is 1. The molecule has 0 saturated heterocycles. The second-order valence-electron chi connectivity index (χ2n) is 4.95. The lowest BCUT2D eigenvalue weighted by Crippen LogP contribution is -2.08. The molecule has 0 atom stereocenters. The number of allylic oxidation sites excluding steroid dienone is 1. The van der Waals surface area contributed by atoms with Gasteiger partial charge in [-0.2, -0.15) is 4.39 Å². The van der Waals surface area contributed by atoms with E-state index in [1.165, 1.54) is 20.3 Å². The summed E-state index contributed by atoms with van der Waals surface area (Å²) in [5.74, 6) is -2.58. The molecule has 1 aliphatic rings. The van der Waals surface area contributed by atoms with Gasteiger partial charge in [0.2, 0.25) is 5.82 Å². The summed E-state index contributed by atoms with van der Waals surface area (Å²) in [6.45, 7) is 0. The Morgan fingerprint density at radius 1 is 1.10 bits per heavy atom. The van der Waals surface area contributed by atoms with Crippen LogP contribution in [0.5, 0.6) is 5.75 Å². The van der Waals surface area contributed by atoms with Gasteiger partial charge in [0.15, 0.2) is 11.6 Å². The summed E-state index contributed by atoms with van der Waals surface area (Å²) in [6, 6.07) is 2.51. The van der Waals surface area contributed by atoms with Crippen LogP contribution in [0.15, 0.2) is 17.7 Å². The van der Waals surface area contributed by atoms with Crippen molar-refractivity contribution in [2.45, 2.75) is 32.1 Å². The topological polar surface area (TPSA) is 35.5 Å². The van der Waals surface area contributed by atoms with Gasteiger partial charge in [-0.25, -0.2) is 9.18 Å². The molecule has 114 valence electrons. The smallest absolute Gasteiger partial charge is 0.334 e. The largest absolute Gasteiger partial charge is 0.493 e.